The molecule has 1 aromatic heterocycles. The summed E-state index contributed by atoms with van der Waals surface area (Å²) in [7, 11) is 0. The van der Waals surface area contributed by atoms with Crippen molar-refractivity contribution in [2.45, 2.75) is 24.7 Å². The van der Waals surface area contributed by atoms with Crippen LogP contribution >= 0.6 is 11.8 Å². The molecule has 0 aliphatic carbocycles. The second-order valence-corrected chi connectivity index (χ2v) is 5.07. The molecule has 0 fully saturated rings. The molecule has 0 spiro atoms. The van der Waals surface area contributed by atoms with E-state index in [-0.39, 0.29) is 12.4 Å². The zero-order valence-electron chi connectivity index (χ0n) is 10.8. The number of benzene rings is 1. The van der Waals surface area contributed by atoms with E-state index in [1.165, 1.54) is 5.56 Å². The summed E-state index contributed by atoms with van der Waals surface area (Å²) in [5.41, 5.74) is 1.17. The van der Waals surface area contributed by atoms with Crippen LogP contribution in [0, 0.1) is 0 Å². The first kappa shape index (κ1) is 14.5. The Balaban J connectivity index is 2.08. The number of aliphatic hydroxyl groups excluding tert-OH is 1. The molecular formula is C13H15N3O3S. The molecule has 1 heterocycles. The fourth-order valence-electron chi connectivity index (χ4n) is 1.78. The smallest absolute Gasteiger partial charge is 0.313 e. The van der Waals surface area contributed by atoms with Crippen LogP contribution < -0.4 is 0 Å². The largest absolute Gasteiger partial charge is 0.481 e. The number of aryl methyl sites for hydroxylation is 1. The van der Waals surface area contributed by atoms with Crippen LogP contribution in [0.1, 0.15) is 11.4 Å². The molecule has 0 atom stereocenters. The van der Waals surface area contributed by atoms with Crippen LogP contribution in [0.25, 0.3) is 0 Å². The maximum absolute atomic E-state index is 10.6. The van der Waals surface area contributed by atoms with Gasteiger partial charge in [0.15, 0.2) is 11.0 Å². The van der Waals surface area contributed by atoms with E-state index in [9.17, 15) is 9.90 Å². The minimum atomic E-state index is -0.904. The first-order chi connectivity index (χ1) is 9.70. The molecular weight excluding hydrogens is 278 g/mol. The Morgan fingerprint density at radius 1 is 1.25 bits per heavy atom. The molecule has 106 valence electrons. The van der Waals surface area contributed by atoms with Gasteiger partial charge >= 0.3 is 5.97 Å². The van der Waals surface area contributed by atoms with Gasteiger partial charge < -0.3 is 14.8 Å². The van der Waals surface area contributed by atoms with Crippen LogP contribution in [0.5, 0.6) is 0 Å². The van der Waals surface area contributed by atoms with Gasteiger partial charge in [-0.15, -0.1) is 10.2 Å². The average molecular weight is 293 g/mol. The highest BCUT2D eigenvalue weighted by Crippen LogP contribution is 2.17. The normalized spacial score (nSPS) is 10.7. The number of aromatic nitrogens is 3. The number of carbonyl (C=O) groups is 1. The van der Waals surface area contributed by atoms with Crippen molar-refractivity contribution in [1.82, 2.24) is 14.8 Å². The van der Waals surface area contributed by atoms with Crippen molar-refractivity contribution in [1.29, 1.82) is 0 Å². The lowest BCUT2D eigenvalue weighted by molar-refractivity contribution is -0.133. The van der Waals surface area contributed by atoms with E-state index in [2.05, 4.69) is 10.2 Å². The van der Waals surface area contributed by atoms with Gasteiger partial charge in [-0.25, -0.2) is 0 Å². The Hall–Kier alpha value is -1.86. The predicted octanol–water partition coefficient (Wildman–Crippen LogP) is 1.19. The molecule has 2 N–H and O–H groups in total. The molecule has 7 heteroatoms. The van der Waals surface area contributed by atoms with E-state index < -0.39 is 5.97 Å². The van der Waals surface area contributed by atoms with Gasteiger partial charge in [-0.05, 0) is 12.0 Å². The van der Waals surface area contributed by atoms with Crippen molar-refractivity contribution in [3.63, 3.8) is 0 Å². The van der Waals surface area contributed by atoms with E-state index in [1.807, 2.05) is 30.3 Å². The highest BCUT2D eigenvalue weighted by atomic mass is 32.2. The highest BCUT2D eigenvalue weighted by Gasteiger charge is 2.13. The van der Waals surface area contributed by atoms with Gasteiger partial charge in [0.05, 0.1) is 5.75 Å². The van der Waals surface area contributed by atoms with Crippen molar-refractivity contribution in [3.05, 3.63) is 41.7 Å². The molecule has 0 saturated carbocycles. The third kappa shape index (κ3) is 3.82. The molecule has 6 nitrogen and oxygen atoms in total. The number of rotatable bonds is 7. The topological polar surface area (TPSA) is 88.2 Å². The molecule has 20 heavy (non-hydrogen) atoms. The molecule has 0 bridgehead atoms. The highest BCUT2D eigenvalue weighted by molar-refractivity contribution is 7.99. The number of aliphatic carboxylic acids is 1. The maximum atomic E-state index is 10.6. The summed E-state index contributed by atoms with van der Waals surface area (Å²) >= 11 is 1.11. The maximum Gasteiger partial charge on any atom is 0.313 e. The standard InChI is InChI=1S/C13H15N3O3S/c17-8-11-14-15-13(20-9-12(18)19)16(11)7-6-10-4-2-1-3-5-10/h1-5,17H,6-9H2,(H,18,19). The predicted molar refractivity (Wildman–Crippen MR) is 74.5 cm³/mol. The molecule has 0 aliphatic rings. The fourth-order valence-corrected chi connectivity index (χ4v) is 2.48. The number of thioether (sulfide) groups is 1. The lowest BCUT2D eigenvalue weighted by Crippen LogP contribution is -2.09. The van der Waals surface area contributed by atoms with Crippen molar-refractivity contribution in [2.75, 3.05) is 5.75 Å². The zero-order valence-corrected chi connectivity index (χ0v) is 11.6. The molecule has 1 aromatic carbocycles. The summed E-state index contributed by atoms with van der Waals surface area (Å²) in [5.74, 6) is -0.526. The lowest BCUT2D eigenvalue weighted by atomic mass is 10.1. The summed E-state index contributed by atoms with van der Waals surface area (Å²) in [6, 6.07) is 9.93. The Kier molecular flexibility index (Phi) is 5.14. The third-order valence-corrected chi connectivity index (χ3v) is 3.68. The van der Waals surface area contributed by atoms with Crippen LogP contribution in [0.2, 0.25) is 0 Å². The van der Waals surface area contributed by atoms with Gasteiger partial charge in [0.2, 0.25) is 0 Å². The van der Waals surface area contributed by atoms with Crippen molar-refractivity contribution >= 4 is 17.7 Å². The second kappa shape index (κ2) is 7.06. The van der Waals surface area contributed by atoms with Gasteiger partial charge in [-0.3, -0.25) is 4.79 Å². The average Bonchev–Trinajstić information content (AvgIpc) is 2.86. The van der Waals surface area contributed by atoms with Gasteiger partial charge in [0.25, 0.3) is 0 Å². The third-order valence-electron chi connectivity index (χ3n) is 2.73. The SMILES string of the molecule is O=C(O)CSc1nnc(CO)n1CCc1ccccc1. The van der Waals surface area contributed by atoms with E-state index in [4.69, 9.17) is 5.11 Å². The summed E-state index contributed by atoms with van der Waals surface area (Å²) in [5, 5.41) is 26.3. The summed E-state index contributed by atoms with van der Waals surface area (Å²) in [6.07, 6.45) is 0.770. The molecule has 0 amide bonds. The van der Waals surface area contributed by atoms with Crippen molar-refractivity contribution < 1.29 is 15.0 Å². The van der Waals surface area contributed by atoms with Crippen LogP contribution in [0.15, 0.2) is 35.5 Å². The Morgan fingerprint density at radius 3 is 2.65 bits per heavy atom. The molecule has 0 aliphatic heterocycles. The molecule has 0 radical (unpaired) electrons. The first-order valence-corrected chi connectivity index (χ1v) is 7.10. The number of carboxylic acids is 1. The number of hydrogen-bond acceptors (Lipinski definition) is 5. The molecule has 2 aromatic rings. The minimum Gasteiger partial charge on any atom is -0.481 e. The van der Waals surface area contributed by atoms with Crippen LogP contribution in [-0.4, -0.2) is 36.7 Å². The van der Waals surface area contributed by atoms with Gasteiger partial charge in [0, 0.05) is 6.54 Å². The monoisotopic (exact) mass is 293 g/mol. The van der Waals surface area contributed by atoms with E-state index >= 15 is 0 Å². The van der Waals surface area contributed by atoms with Crippen LogP contribution in [0.4, 0.5) is 0 Å². The van der Waals surface area contributed by atoms with Gasteiger partial charge in [0.1, 0.15) is 6.61 Å². The summed E-state index contributed by atoms with van der Waals surface area (Å²) < 4.78 is 1.76. The van der Waals surface area contributed by atoms with E-state index in [0.717, 1.165) is 18.2 Å². The van der Waals surface area contributed by atoms with Crippen LogP contribution in [-0.2, 0) is 24.4 Å². The number of nitrogens with zero attached hydrogens (tertiary/aromatic N) is 3. The number of carboxylic acid groups (broad SMARTS) is 1. The van der Waals surface area contributed by atoms with Gasteiger partial charge in [-0.2, -0.15) is 0 Å². The minimum absolute atomic E-state index is 0.0745. The molecule has 0 saturated heterocycles. The quantitative estimate of drug-likeness (QED) is 0.746. The molecule has 0 unspecified atom stereocenters. The number of hydrogen-bond donors (Lipinski definition) is 2. The second-order valence-electron chi connectivity index (χ2n) is 4.13. The Labute approximate surface area is 120 Å². The lowest BCUT2D eigenvalue weighted by Gasteiger charge is -2.08. The zero-order chi connectivity index (χ0) is 14.4. The van der Waals surface area contributed by atoms with E-state index in [0.29, 0.717) is 17.5 Å². The fraction of sp³-hybridized carbons (Fsp3) is 0.308. The summed E-state index contributed by atoms with van der Waals surface area (Å²) in [4.78, 5) is 10.6. The Morgan fingerprint density at radius 2 is 2.00 bits per heavy atom. The van der Waals surface area contributed by atoms with Gasteiger partial charge in [-0.1, -0.05) is 42.1 Å². The number of aliphatic hydroxyl groups is 1. The van der Waals surface area contributed by atoms with E-state index in [1.54, 1.807) is 4.57 Å². The Bertz CT molecular complexity index is 571. The van der Waals surface area contributed by atoms with Crippen LogP contribution in [0.3, 0.4) is 0 Å². The van der Waals surface area contributed by atoms with Crippen molar-refractivity contribution in [2.24, 2.45) is 0 Å². The summed E-state index contributed by atoms with van der Waals surface area (Å²) in [6.45, 7) is 0.393. The van der Waals surface area contributed by atoms with Crippen molar-refractivity contribution in [3.8, 4) is 0 Å². The first-order valence-electron chi connectivity index (χ1n) is 6.12. The molecule has 2 rings (SSSR count).